The minimum Gasteiger partial charge on any atom is -0.486 e. The van der Waals surface area contributed by atoms with E-state index in [0.717, 1.165) is 9.79 Å². The summed E-state index contributed by atoms with van der Waals surface area (Å²) in [5.41, 5.74) is 0.868. The van der Waals surface area contributed by atoms with Gasteiger partial charge in [0.25, 0.3) is 5.91 Å². The van der Waals surface area contributed by atoms with E-state index in [0.29, 0.717) is 36.2 Å². The summed E-state index contributed by atoms with van der Waals surface area (Å²) in [5.74, 6) is 1.62. The van der Waals surface area contributed by atoms with Gasteiger partial charge in [-0.15, -0.1) is 10.2 Å². The third-order valence-corrected chi connectivity index (χ3v) is 5.27. The summed E-state index contributed by atoms with van der Waals surface area (Å²) in [5, 5.41) is 11.0. The standard InChI is InChI=1S/C21H20N4O3S/c1-25(2)20-9-8-15(23-24-20)21(26)22-16-12-17-18(28-11-10-27-17)13-19(16)29-14-6-4-3-5-7-14/h3-9,12-13H,10-11H2,1-2H3,(H,22,26). The molecule has 0 bridgehead atoms. The number of fused-ring (bicyclic) bond motifs is 1. The zero-order valence-electron chi connectivity index (χ0n) is 16.1. The minimum atomic E-state index is -0.339. The van der Waals surface area contributed by atoms with Crippen LogP contribution in [0.25, 0.3) is 0 Å². The predicted octanol–water partition coefficient (Wildman–Crippen LogP) is 3.72. The van der Waals surface area contributed by atoms with E-state index < -0.39 is 0 Å². The Balaban J connectivity index is 1.63. The molecule has 0 aliphatic carbocycles. The number of rotatable bonds is 5. The molecular weight excluding hydrogens is 388 g/mol. The molecule has 0 saturated heterocycles. The minimum absolute atomic E-state index is 0.237. The van der Waals surface area contributed by atoms with Gasteiger partial charge in [-0.05, 0) is 24.3 Å². The van der Waals surface area contributed by atoms with E-state index in [4.69, 9.17) is 9.47 Å². The Kier molecular flexibility index (Phi) is 5.53. The SMILES string of the molecule is CN(C)c1ccc(C(=O)Nc2cc3c(cc2Sc2ccccc2)OCCO3)nn1. The fraction of sp³-hybridized carbons (Fsp3) is 0.190. The van der Waals surface area contributed by atoms with Gasteiger partial charge in [0.15, 0.2) is 23.0 Å². The van der Waals surface area contributed by atoms with E-state index in [1.165, 1.54) is 11.8 Å². The molecule has 4 rings (SSSR count). The lowest BCUT2D eigenvalue weighted by molar-refractivity contribution is 0.102. The maximum absolute atomic E-state index is 12.8. The van der Waals surface area contributed by atoms with E-state index in [9.17, 15) is 4.79 Å². The van der Waals surface area contributed by atoms with Gasteiger partial charge in [0.05, 0.1) is 5.69 Å². The monoisotopic (exact) mass is 408 g/mol. The van der Waals surface area contributed by atoms with Crippen LogP contribution in [0, 0.1) is 0 Å². The van der Waals surface area contributed by atoms with Crippen LogP contribution in [0.1, 0.15) is 10.5 Å². The number of hydrogen-bond acceptors (Lipinski definition) is 7. The third-order valence-electron chi connectivity index (χ3n) is 4.20. The molecular formula is C21H20N4O3S. The van der Waals surface area contributed by atoms with Crippen LogP contribution >= 0.6 is 11.8 Å². The molecule has 29 heavy (non-hydrogen) atoms. The number of hydrogen-bond donors (Lipinski definition) is 1. The number of nitrogens with zero attached hydrogens (tertiary/aromatic N) is 3. The molecule has 7 nitrogen and oxygen atoms in total. The maximum atomic E-state index is 12.8. The number of aromatic nitrogens is 2. The average Bonchev–Trinajstić information content (AvgIpc) is 2.75. The number of carbonyl (C=O) groups excluding carboxylic acids is 1. The number of amides is 1. The van der Waals surface area contributed by atoms with Crippen LogP contribution in [0.3, 0.4) is 0 Å². The summed E-state index contributed by atoms with van der Waals surface area (Å²) in [7, 11) is 3.73. The number of ether oxygens (including phenoxy) is 2. The Labute approximate surface area is 173 Å². The van der Waals surface area contributed by atoms with Crippen LogP contribution in [0.4, 0.5) is 11.5 Å². The molecule has 2 heterocycles. The molecule has 1 aliphatic heterocycles. The average molecular weight is 408 g/mol. The highest BCUT2D eigenvalue weighted by atomic mass is 32.2. The van der Waals surface area contributed by atoms with Crippen LogP contribution in [0.15, 0.2) is 64.4 Å². The van der Waals surface area contributed by atoms with Crippen LogP contribution in [-0.4, -0.2) is 43.4 Å². The van der Waals surface area contributed by atoms with Crippen molar-refractivity contribution in [2.24, 2.45) is 0 Å². The van der Waals surface area contributed by atoms with Crippen molar-refractivity contribution in [3.8, 4) is 11.5 Å². The van der Waals surface area contributed by atoms with Crippen molar-refractivity contribution in [1.82, 2.24) is 10.2 Å². The molecule has 2 aromatic carbocycles. The number of carbonyl (C=O) groups is 1. The van der Waals surface area contributed by atoms with E-state index >= 15 is 0 Å². The van der Waals surface area contributed by atoms with Crippen molar-refractivity contribution in [2.45, 2.75) is 9.79 Å². The molecule has 1 aromatic heterocycles. The van der Waals surface area contributed by atoms with Crippen LogP contribution in [-0.2, 0) is 0 Å². The molecule has 0 unspecified atom stereocenters. The van der Waals surface area contributed by atoms with Crippen molar-refractivity contribution in [2.75, 3.05) is 37.5 Å². The summed E-state index contributed by atoms with van der Waals surface area (Å²) in [4.78, 5) is 16.5. The first-order chi connectivity index (χ1) is 14.1. The summed E-state index contributed by atoms with van der Waals surface area (Å²) >= 11 is 1.54. The van der Waals surface area contributed by atoms with Crippen molar-refractivity contribution >= 4 is 29.2 Å². The smallest absolute Gasteiger partial charge is 0.276 e. The molecule has 1 amide bonds. The molecule has 8 heteroatoms. The molecule has 1 N–H and O–H groups in total. The molecule has 0 fully saturated rings. The summed E-state index contributed by atoms with van der Waals surface area (Å²) in [6.45, 7) is 0.977. The Morgan fingerprint density at radius 3 is 2.38 bits per heavy atom. The zero-order valence-corrected chi connectivity index (χ0v) is 16.9. The Bertz CT molecular complexity index is 1010. The second-order valence-corrected chi connectivity index (χ2v) is 7.65. The Hall–Kier alpha value is -3.26. The van der Waals surface area contributed by atoms with E-state index in [2.05, 4.69) is 15.5 Å². The quantitative estimate of drug-likeness (QED) is 0.689. The molecule has 3 aromatic rings. The van der Waals surface area contributed by atoms with Gasteiger partial charge in [0.1, 0.15) is 13.2 Å². The normalized spacial score (nSPS) is 12.3. The second kappa shape index (κ2) is 8.40. The Morgan fingerprint density at radius 1 is 1.00 bits per heavy atom. The van der Waals surface area contributed by atoms with Gasteiger partial charge >= 0.3 is 0 Å². The van der Waals surface area contributed by atoms with E-state index in [-0.39, 0.29) is 11.6 Å². The molecule has 0 atom stereocenters. The first-order valence-electron chi connectivity index (χ1n) is 9.09. The zero-order chi connectivity index (χ0) is 20.2. The summed E-state index contributed by atoms with van der Waals surface area (Å²) in [6.07, 6.45) is 0. The largest absolute Gasteiger partial charge is 0.486 e. The Morgan fingerprint density at radius 2 is 1.72 bits per heavy atom. The first-order valence-corrected chi connectivity index (χ1v) is 9.91. The van der Waals surface area contributed by atoms with Crippen molar-refractivity contribution in [3.05, 3.63) is 60.3 Å². The van der Waals surface area contributed by atoms with Gasteiger partial charge in [-0.2, -0.15) is 0 Å². The molecule has 0 spiro atoms. The lowest BCUT2D eigenvalue weighted by atomic mass is 10.2. The van der Waals surface area contributed by atoms with Gasteiger partial charge in [-0.3, -0.25) is 4.79 Å². The van der Waals surface area contributed by atoms with Crippen molar-refractivity contribution < 1.29 is 14.3 Å². The number of anilines is 2. The predicted molar refractivity (Wildman–Crippen MR) is 112 cm³/mol. The van der Waals surface area contributed by atoms with Gasteiger partial charge < -0.3 is 19.7 Å². The lowest BCUT2D eigenvalue weighted by Gasteiger charge is -2.21. The van der Waals surface area contributed by atoms with Crippen LogP contribution < -0.4 is 19.7 Å². The highest BCUT2D eigenvalue weighted by Gasteiger charge is 2.19. The van der Waals surface area contributed by atoms with Crippen molar-refractivity contribution in [3.63, 3.8) is 0 Å². The fourth-order valence-electron chi connectivity index (χ4n) is 2.74. The van der Waals surface area contributed by atoms with Crippen LogP contribution in [0.5, 0.6) is 11.5 Å². The fourth-order valence-corrected chi connectivity index (χ4v) is 3.67. The van der Waals surface area contributed by atoms with Gasteiger partial charge in [0.2, 0.25) is 0 Å². The number of benzene rings is 2. The highest BCUT2D eigenvalue weighted by molar-refractivity contribution is 7.99. The van der Waals surface area contributed by atoms with E-state index in [1.807, 2.05) is 55.4 Å². The number of nitrogens with one attached hydrogen (secondary N) is 1. The van der Waals surface area contributed by atoms with Crippen LogP contribution in [0.2, 0.25) is 0 Å². The maximum Gasteiger partial charge on any atom is 0.276 e. The summed E-state index contributed by atoms with van der Waals surface area (Å²) in [6, 6.07) is 17.0. The first kappa shape index (κ1) is 19.1. The summed E-state index contributed by atoms with van der Waals surface area (Å²) < 4.78 is 11.4. The van der Waals surface area contributed by atoms with Gasteiger partial charge in [0, 0.05) is 36.0 Å². The lowest BCUT2D eigenvalue weighted by Crippen LogP contribution is -2.18. The molecule has 0 saturated carbocycles. The van der Waals surface area contributed by atoms with Crippen molar-refractivity contribution in [1.29, 1.82) is 0 Å². The molecule has 148 valence electrons. The highest BCUT2D eigenvalue weighted by Crippen LogP contribution is 2.42. The third kappa shape index (κ3) is 4.43. The second-order valence-electron chi connectivity index (χ2n) is 6.53. The van der Waals surface area contributed by atoms with Gasteiger partial charge in [-0.25, -0.2) is 0 Å². The molecule has 1 aliphatic rings. The topological polar surface area (TPSA) is 76.6 Å². The molecule has 0 radical (unpaired) electrons. The van der Waals surface area contributed by atoms with E-state index in [1.54, 1.807) is 18.2 Å². The van der Waals surface area contributed by atoms with Gasteiger partial charge in [-0.1, -0.05) is 30.0 Å².